The van der Waals surface area contributed by atoms with Crippen LogP contribution >= 0.6 is 11.6 Å². The van der Waals surface area contributed by atoms with Gasteiger partial charge >= 0.3 is 0 Å². The summed E-state index contributed by atoms with van der Waals surface area (Å²) in [5, 5.41) is 3.53. The van der Waals surface area contributed by atoms with Gasteiger partial charge in [-0.15, -0.1) is 0 Å². The summed E-state index contributed by atoms with van der Waals surface area (Å²) < 4.78 is 0. The van der Waals surface area contributed by atoms with Crippen LogP contribution in [-0.2, 0) is 4.79 Å². The fraction of sp³-hybridized carbons (Fsp3) is 0.417. The van der Waals surface area contributed by atoms with E-state index in [4.69, 9.17) is 17.3 Å². The molecule has 16 heavy (non-hydrogen) atoms. The molecule has 1 aromatic carbocycles. The number of nitrogens with two attached hydrogens (primary N) is 1. The second-order valence-electron chi connectivity index (χ2n) is 3.79. The van der Waals surface area contributed by atoms with E-state index in [-0.39, 0.29) is 11.8 Å². The van der Waals surface area contributed by atoms with Gasteiger partial charge in [-0.05, 0) is 37.1 Å². The summed E-state index contributed by atoms with van der Waals surface area (Å²) in [5.74, 6) is -0.162. The summed E-state index contributed by atoms with van der Waals surface area (Å²) in [6, 6.07) is 5.38. The van der Waals surface area contributed by atoms with Crippen molar-refractivity contribution in [2.75, 3.05) is 11.9 Å². The third-order valence-electron chi connectivity index (χ3n) is 2.59. The molecule has 88 valence electrons. The highest BCUT2D eigenvalue weighted by Gasteiger charge is 2.15. The van der Waals surface area contributed by atoms with Crippen LogP contribution in [0.1, 0.15) is 18.9 Å². The van der Waals surface area contributed by atoms with Gasteiger partial charge < -0.3 is 11.1 Å². The first-order valence-electron chi connectivity index (χ1n) is 5.35. The third-order valence-corrected chi connectivity index (χ3v) is 2.83. The largest absolute Gasteiger partial charge is 0.330 e. The minimum absolute atomic E-state index is 0.0320. The Morgan fingerprint density at radius 1 is 1.56 bits per heavy atom. The van der Waals surface area contributed by atoms with Crippen LogP contribution in [0.5, 0.6) is 0 Å². The van der Waals surface area contributed by atoms with Crippen molar-refractivity contribution >= 4 is 23.2 Å². The Balaban J connectivity index is 2.76. The normalized spacial score (nSPS) is 12.2. The lowest BCUT2D eigenvalue weighted by molar-refractivity contribution is -0.119. The Bertz CT molecular complexity index is 375. The average Bonchev–Trinajstić information content (AvgIpc) is 2.24. The Morgan fingerprint density at radius 3 is 2.75 bits per heavy atom. The second-order valence-corrected chi connectivity index (χ2v) is 4.23. The van der Waals surface area contributed by atoms with Crippen molar-refractivity contribution in [3.05, 3.63) is 28.8 Å². The van der Waals surface area contributed by atoms with Crippen LogP contribution < -0.4 is 11.1 Å². The molecule has 0 aliphatic rings. The van der Waals surface area contributed by atoms with Gasteiger partial charge in [0.15, 0.2) is 0 Å². The molecule has 1 rings (SSSR count). The Morgan fingerprint density at radius 2 is 2.25 bits per heavy atom. The lowest BCUT2D eigenvalue weighted by Gasteiger charge is -2.14. The van der Waals surface area contributed by atoms with Crippen molar-refractivity contribution in [1.82, 2.24) is 0 Å². The Kier molecular flexibility index (Phi) is 4.77. The molecule has 0 aromatic heterocycles. The number of carbonyl (C=O) groups excluding carboxylic acids is 1. The molecule has 3 nitrogen and oxygen atoms in total. The average molecular weight is 241 g/mol. The molecule has 1 atom stereocenters. The van der Waals surface area contributed by atoms with E-state index in [0.29, 0.717) is 11.6 Å². The van der Waals surface area contributed by atoms with Crippen molar-refractivity contribution in [3.8, 4) is 0 Å². The number of benzene rings is 1. The van der Waals surface area contributed by atoms with Crippen LogP contribution in [0.2, 0.25) is 5.02 Å². The van der Waals surface area contributed by atoms with Gasteiger partial charge in [-0.2, -0.15) is 0 Å². The van der Waals surface area contributed by atoms with Crippen LogP contribution in [0, 0.1) is 12.8 Å². The van der Waals surface area contributed by atoms with Crippen LogP contribution in [-0.4, -0.2) is 12.5 Å². The molecule has 0 radical (unpaired) electrons. The zero-order valence-corrected chi connectivity index (χ0v) is 10.3. The molecule has 3 N–H and O–H groups in total. The molecule has 4 heteroatoms. The molecule has 0 saturated carbocycles. The van der Waals surface area contributed by atoms with Gasteiger partial charge in [-0.25, -0.2) is 0 Å². The van der Waals surface area contributed by atoms with Crippen molar-refractivity contribution in [2.24, 2.45) is 11.7 Å². The first-order valence-corrected chi connectivity index (χ1v) is 5.73. The van der Waals surface area contributed by atoms with Gasteiger partial charge in [0.2, 0.25) is 5.91 Å². The molecule has 0 aliphatic carbocycles. The molecular weight excluding hydrogens is 224 g/mol. The summed E-state index contributed by atoms with van der Waals surface area (Å²) in [6.07, 6.45) is 0.745. The SMILES string of the molecule is CCC(CN)C(=O)Nc1ccc(Cl)cc1C. The fourth-order valence-corrected chi connectivity index (χ4v) is 1.69. The number of anilines is 1. The Labute approximate surface area is 101 Å². The standard InChI is InChI=1S/C12H17ClN2O/c1-3-9(7-14)12(16)15-11-5-4-10(13)6-8(11)2/h4-6,9H,3,7,14H2,1-2H3,(H,15,16). The van der Waals surface area contributed by atoms with E-state index in [1.54, 1.807) is 12.1 Å². The molecule has 1 aromatic rings. The van der Waals surface area contributed by atoms with Crippen LogP contribution in [0.15, 0.2) is 18.2 Å². The lowest BCUT2D eigenvalue weighted by Crippen LogP contribution is -2.28. The smallest absolute Gasteiger partial charge is 0.228 e. The number of nitrogens with one attached hydrogen (secondary N) is 1. The van der Waals surface area contributed by atoms with Crippen molar-refractivity contribution in [1.29, 1.82) is 0 Å². The number of halogens is 1. The van der Waals surface area contributed by atoms with Gasteiger partial charge in [0.25, 0.3) is 0 Å². The second kappa shape index (κ2) is 5.87. The highest BCUT2D eigenvalue weighted by atomic mass is 35.5. The summed E-state index contributed by atoms with van der Waals surface area (Å²) in [4.78, 5) is 11.8. The van der Waals surface area contributed by atoms with E-state index in [9.17, 15) is 4.79 Å². The van der Waals surface area contributed by atoms with Gasteiger partial charge in [0, 0.05) is 17.3 Å². The third kappa shape index (κ3) is 3.22. The molecule has 1 amide bonds. The van der Waals surface area contributed by atoms with E-state index < -0.39 is 0 Å². The molecule has 0 fully saturated rings. The molecule has 0 heterocycles. The number of hydrogen-bond acceptors (Lipinski definition) is 2. The molecule has 0 spiro atoms. The predicted molar refractivity (Wildman–Crippen MR) is 67.7 cm³/mol. The van der Waals surface area contributed by atoms with Crippen LogP contribution in [0.3, 0.4) is 0 Å². The lowest BCUT2D eigenvalue weighted by atomic mass is 10.1. The van der Waals surface area contributed by atoms with Crippen LogP contribution in [0.25, 0.3) is 0 Å². The Hall–Kier alpha value is -1.06. The molecule has 1 unspecified atom stereocenters. The summed E-state index contributed by atoms with van der Waals surface area (Å²) in [5.41, 5.74) is 7.26. The van der Waals surface area contributed by atoms with Gasteiger partial charge in [0.1, 0.15) is 0 Å². The number of amides is 1. The molecule has 0 bridgehead atoms. The van der Waals surface area contributed by atoms with Crippen molar-refractivity contribution in [3.63, 3.8) is 0 Å². The minimum atomic E-state index is -0.130. The summed E-state index contributed by atoms with van der Waals surface area (Å²) >= 11 is 5.84. The minimum Gasteiger partial charge on any atom is -0.330 e. The van der Waals surface area contributed by atoms with E-state index >= 15 is 0 Å². The monoisotopic (exact) mass is 240 g/mol. The maximum atomic E-state index is 11.8. The maximum absolute atomic E-state index is 11.8. The van der Waals surface area contributed by atoms with E-state index in [0.717, 1.165) is 17.7 Å². The zero-order chi connectivity index (χ0) is 12.1. The molecule has 0 aliphatic heterocycles. The highest BCUT2D eigenvalue weighted by molar-refractivity contribution is 6.30. The maximum Gasteiger partial charge on any atom is 0.228 e. The van der Waals surface area contributed by atoms with Gasteiger partial charge in [0.05, 0.1) is 5.92 Å². The quantitative estimate of drug-likeness (QED) is 0.850. The van der Waals surface area contributed by atoms with Crippen molar-refractivity contribution in [2.45, 2.75) is 20.3 Å². The highest BCUT2D eigenvalue weighted by Crippen LogP contribution is 2.20. The fourth-order valence-electron chi connectivity index (χ4n) is 1.46. The van der Waals surface area contributed by atoms with Crippen molar-refractivity contribution < 1.29 is 4.79 Å². The number of rotatable bonds is 4. The molecular formula is C12H17ClN2O. The van der Waals surface area contributed by atoms with E-state index in [1.165, 1.54) is 0 Å². The first-order chi connectivity index (χ1) is 7.58. The topological polar surface area (TPSA) is 55.1 Å². The molecule has 0 saturated heterocycles. The van der Waals surface area contributed by atoms with E-state index in [1.807, 2.05) is 19.9 Å². The van der Waals surface area contributed by atoms with Gasteiger partial charge in [-0.1, -0.05) is 18.5 Å². The first kappa shape index (κ1) is 13.0. The van der Waals surface area contributed by atoms with Gasteiger partial charge in [-0.3, -0.25) is 4.79 Å². The summed E-state index contributed by atoms with van der Waals surface area (Å²) in [7, 11) is 0. The van der Waals surface area contributed by atoms with Crippen LogP contribution in [0.4, 0.5) is 5.69 Å². The number of carbonyl (C=O) groups is 1. The number of aryl methyl sites for hydroxylation is 1. The summed E-state index contributed by atoms with van der Waals surface area (Å²) in [6.45, 7) is 4.23. The number of hydrogen-bond donors (Lipinski definition) is 2. The predicted octanol–water partition coefficient (Wildman–Crippen LogP) is 2.57. The van der Waals surface area contributed by atoms with E-state index in [2.05, 4.69) is 5.32 Å². The zero-order valence-electron chi connectivity index (χ0n) is 9.59.